The molecule has 2 nitrogen and oxygen atoms in total. The lowest BCUT2D eigenvalue weighted by atomic mass is 9.91. The number of rotatable bonds is 11. The first-order valence-electron chi connectivity index (χ1n) is 12.5. The lowest BCUT2D eigenvalue weighted by molar-refractivity contribution is -0.143. The first-order chi connectivity index (χ1) is 17.6. The molecule has 0 spiro atoms. The van der Waals surface area contributed by atoms with Crippen LogP contribution < -0.4 is 21.2 Å². The summed E-state index contributed by atoms with van der Waals surface area (Å²) in [5.74, 6) is -0.208. The van der Waals surface area contributed by atoms with Crippen molar-refractivity contribution in [3.8, 4) is 0 Å². The van der Waals surface area contributed by atoms with E-state index in [4.69, 9.17) is 4.74 Å². The molecule has 0 aliphatic rings. The minimum absolute atomic E-state index is 0.152. The van der Waals surface area contributed by atoms with Crippen LogP contribution >= 0.6 is 15.8 Å². The summed E-state index contributed by atoms with van der Waals surface area (Å²) in [5.41, 5.74) is -0.152. The average molecular weight is 513 g/mol. The van der Waals surface area contributed by atoms with Gasteiger partial charge in [-0.3, -0.25) is 4.79 Å². The van der Waals surface area contributed by atoms with Gasteiger partial charge in [0.25, 0.3) is 0 Å². The lowest BCUT2D eigenvalue weighted by Crippen LogP contribution is -2.38. The minimum atomic E-state index is -0.625. The van der Waals surface area contributed by atoms with Gasteiger partial charge in [-0.05, 0) is 55.8 Å². The van der Waals surface area contributed by atoms with Crippen LogP contribution in [0.15, 0.2) is 121 Å². The third-order valence-electron chi connectivity index (χ3n) is 6.59. The Morgan fingerprint density at radius 2 is 0.917 bits per heavy atom. The molecule has 4 heteroatoms. The number of hydrogen-bond donors (Lipinski definition) is 0. The molecule has 0 saturated carbocycles. The van der Waals surface area contributed by atoms with Gasteiger partial charge < -0.3 is 4.74 Å². The van der Waals surface area contributed by atoms with Gasteiger partial charge in [0.15, 0.2) is 0 Å². The zero-order valence-electron chi connectivity index (χ0n) is 21.1. The molecular formula is C32H34O2P2. The van der Waals surface area contributed by atoms with Crippen LogP contribution in [0, 0.1) is 5.41 Å². The van der Waals surface area contributed by atoms with Crippen LogP contribution in [-0.4, -0.2) is 24.9 Å². The molecule has 4 aromatic rings. The first kappa shape index (κ1) is 26.3. The largest absolute Gasteiger partial charge is 0.465 e. The monoisotopic (exact) mass is 512 g/mol. The van der Waals surface area contributed by atoms with E-state index in [0.29, 0.717) is 6.61 Å². The Morgan fingerprint density at radius 3 is 1.17 bits per heavy atom. The zero-order chi connectivity index (χ0) is 25.2. The predicted octanol–water partition coefficient (Wildman–Crippen LogP) is 6.21. The van der Waals surface area contributed by atoms with Crippen molar-refractivity contribution >= 4 is 43.0 Å². The van der Waals surface area contributed by atoms with Crippen LogP contribution in [0.4, 0.5) is 0 Å². The Bertz CT molecular complexity index is 1030. The Balaban J connectivity index is 1.78. The highest BCUT2D eigenvalue weighted by Crippen LogP contribution is 2.49. The second kappa shape index (κ2) is 13.0. The summed E-state index contributed by atoms with van der Waals surface area (Å²) in [7, 11) is -1.25. The van der Waals surface area contributed by atoms with E-state index in [-0.39, 0.29) is 11.4 Å². The van der Waals surface area contributed by atoms with Crippen LogP contribution in [0.25, 0.3) is 0 Å². The Labute approximate surface area is 218 Å². The molecule has 0 fully saturated rings. The van der Waals surface area contributed by atoms with Crippen LogP contribution in [0.1, 0.15) is 20.3 Å². The number of carbonyl (C=O) groups excluding carboxylic acids is 1. The highest BCUT2D eigenvalue weighted by atomic mass is 31.1. The van der Waals surface area contributed by atoms with E-state index in [1.165, 1.54) is 28.1 Å². The summed E-state index contributed by atoms with van der Waals surface area (Å²) in [6.07, 6.45) is 2.88. The predicted molar refractivity (Wildman–Crippen MR) is 157 cm³/mol. The molecule has 0 bridgehead atoms. The highest BCUT2D eigenvalue weighted by molar-refractivity contribution is 7.74. The molecular weight excluding hydrogens is 478 g/mol. The number of hydrogen-bond acceptors (Lipinski definition) is 2. The van der Waals surface area contributed by atoms with Gasteiger partial charge in [0, 0.05) is 12.3 Å². The van der Waals surface area contributed by atoms with Crippen LogP contribution in [0.3, 0.4) is 0 Å². The second-order valence-corrected chi connectivity index (χ2v) is 13.6. The summed E-state index contributed by atoms with van der Waals surface area (Å²) in [6.45, 7) is 4.22. The third kappa shape index (κ3) is 6.91. The minimum Gasteiger partial charge on any atom is -0.465 e. The summed E-state index contributed by atoms with van der Waals surface area (Å²) >= 11 is 0. The molecule has 0 heterocycles. The first-order valence-corrected chi connectivity index (χ1v) is 15.5. The number of esters is 1. The maximum absolute atomic E-state index is 12.0. The molecule has 0 aromatic heterocycles. The Morgan fingerprint density at radius 1 is 0.611 bits per heavy atom. The van der Waals surface area contributed by atoms with Gasteiger partial charge in [0.1, 0.15) is 0 Å². The maximum atomic E-state index is 12.0. The topological polar surface area (TPSA) is 26.3 Å². The smallest absolute Gasteiger partial charge is 0.302 e. The van der Waals surface area contributed by atoms with Gasteiger partial charge in [-0.15, -0.1) is 0 Å². The second-order valence-electron chi connectivity index (χ2n) is 9.15. The fourth-order valence-electron chi connectivity index (χ4n) is 4.49. The quantitative estimate of drug-likeness (QED) is 0.176. The molecule has 184 valence electrons. The van der Waals surface area contributed by atoms with E-state index in [1.807, 2.05) is 0 Å². The molecule has 4 rings (SSSR count). The van der Waals surface area contributed by atoms with Crippen molar-refractivity contribution in [2.24, 2.45) is 5.41 Å². The van der Waals surface area contributed by atoms with E-state index in [2.05, 4.69) is 128 Å². The van der Waals surface area contributed by atoms with E-state index >= 15 is 0 Å². The van der Waals surface area contributed by atoms with Gasteiger partial charge >= 0.3 is 5.97 Å². The summed E-state index contributed by atoms with van der Waals surface area (Å²) in [4.78, 5) is 12.0. The number of benzene rings is 4. The normalized spacial score (nSPS) is 11.6. The molecule has 36 heavy (non-hydrogen) atoms. The molecule has 0 radical (unpaired) electrons. The van der Waals surface area contributed by atoms with Gasteiger partial charge in [0.05, 0.1) is 6.61 Å². The SMILES string of the molecule is CCC(COC(C)=O)(CP(c1ccccc1)c1ccccc1)CP(c1ccccc1)c1ccccc1. The average Bonchev–Trinajstić information content (AvgIpc) is 2.95. The molecule has 0 amide bonds. The van der Waals surface area contributed by atoms with Gasteiger partial charge in [-0.1, -0.05) is 128 Å². The van der Waals surface area contributed by atoms with Crippen molar-refractivity contribution in [1.82, 2.24) is 0 Å². The van der Waals surface area contributed by atoms with Crippen molar-refractivity contribution in [3.63, 3.8) is 0 Å². The van der Waals surface area contributed by atoms with Crippen molar-refractivity contribution in [1.29, 1.82) is 0 Å². The summed E-state index contributed by atoms with van der Waals surface area (Å²) in [5, 5.41) is 5.46. The van der Waals surface area contributed by atoms with Crippen LogP contribution in [-0.2, 0) is 9.53 Å². The zero-order valence-corrected chi connectivity index (χ0v) is 22.9. The van der Waals surface area contributed by atoms with Crippen molar-refractivity contribution in [2.45, 2.75) is 20.3 Å². The van der Waals surface area contributed by atoms with Crippen LogP contribution in [0.5, 0.6) is 0 Å². The summed E-state index contributed by atoms with van der Waals surface area (Å²) in [6, 6.07) is 43.4. The lowest BCUT2D eigenvalue weighted by Gasteiger charge is -2.39. The van der Waals surface area contributed by atoms with Gasteiger partial charge in [-0.2, -0.15) is 0 Å². The van der Waals surface area contributed by atoms with Crippen LogP contribution in [0.2, 0.25) is 0 Å². The third-order valence-corrected chi connectivity index (χ3v) is 12.3. The molecule has 0 N–H and O–H groups in total. The van der Waals surface area contributed by atoms with Crippen molar-refractivity contribution in [2.75, 3.05) is 18.9 Å². The van der Waals surface area contributed by atoms with E-state index in [0.717, 1.165) is 18.7 Å². The molecule has 0 aliphatic heterocycles. The highest BCUT2D eigenvalue weighted by Gasteiger charge is 2.37. The number of ether oxygens (including phenoxy) is 1. The molecule has 4 aromatic carbocycles. The van der Waals surface area contributed by atoms with E-state index in [9.17, 15) is 4.79 Å². The molecule has 0 aliphatic carbocycles. The Hall–Kier alpha value is -2.79. The molecule has 0 atom stereocenters. The maximum Gasteiger partial charge on any atom is 0.302 e. The van der Waals surface area contributed by atoms with Crippen molar-refractivity contribution < 1.29 is 9.53 Å². The summed E-state index contributed by atoms with van der Waals surface area (Å²) < 4.78 is 5.83. The standard InChI is InChI=1S/C32H34O2P2/c1-3-32(24-34-27(2)33,25-35(28-16-8-4-9-17-28)29-18-10-5-11-19-29)26-36(30-20-12-6-13-21-30)31-22-14-7-15-23-31/h4-23H,3,24-26H2,1-2H3. The van der Waals surface area contributed by atoms with E-state index in [1.54, 1.807) is 0 Å². The van der Waals surface area contributed by atoms with Gasteiger partial charge in [0.2, 0.25) is 0 Å². The molecule has 0 saturated heterocycles. The van der Waals surface area contributed by atoms with Gasteiger partial charge in [-0.25, -0.2) is 0 Å². The fraction of sp³-hybridized carbons (Fsp3) is 0.219. The molecule has 0 unspecified atom stereocenters. The fourth-order valence-corrected chi connectivity index (χ4v) is 10.3. The number of carbonyl (C=O) groups is 1. The van der Waals surface area contributed by atoms with E-state index < -0.39 is 15.8 Å². The Kier molecular flexibility index (Phi) is 9.46. The van der Waals surface area contributed by atoms with Crippen molar-refractivity contribution in [3.05, 3.63) is 121 Å².